The van der Waals surface area contributed by atoms with Crippen LogP contribution in [0.15, 0.2) is 0 Å². The molecule has 0 spiro atoms. The van der Waals surface area contributed by atoms with Crippen molar-refractivity contribution in [2.45, 2.75) is 26.4 Å². The van der Waals surface area contributed by atoms with Gasteiger partial charge in [0.05, 0.1) is 22.5 Å². The maximum absolute atomic E-state index is 5.17. The Hall–Kier alpha value is -0.470. The van der Waals surface area contributed by atoms with Gasteiger partial charge in [0.15, 0.2) is 0 Å². The standard InChI is InChI=1S/C12H20IN3O2/c1-4-6-14-12-11(13)9(8-18-3)15-10(16-12)5-7-17-2/h4-8H2,1-3H3,(H,14,15,16). The van der Waals surface area contributed by atoms with Gasteiger partial charge < -0.3 is 14.8 Å². The molecular weight excluding hydrogens is 345 g/mol. The number of hydrogen-bond acceptors (Lipinski definition) is 5. The smallest absolute Gasteiger partial charge is 0.143 e. The summed E-state index contributed by atoms with van der Waals surface area (Å²) in [5.41, 5.74) is 0.929. The van der Waals surface area contributed by atoms with Gasteiger partial charge in [0.25, 0.3) is 0 Å². The number of methoxy groups -OCH3 is 2. The van der Waals surface area contributed by atoms with Crippen molar-refractivity contribution >= 4 is 28.4 Å². The van der Waals surface area contributed by atoms with Crippen molar-refractivity contribution in [2.75, 3.05) is 32.7 Å². The van der Waals surface area contributed by atoms with Crippen LogP contribution < -0.4 is 5.32 Å². The van der Waals surface area contributed by atoms with E-state index in [-0.39, 0.29) is 0 Å². The second-order valence-corrected chi connectivity index (χ2v) is 4.93. The summed E-state index contributed by atoms with van der Waals surface area (Å²) >= 11 is 2.26. The van der Waals surface area contributed by atoms with Gasteiger partial charge in [0, 0.05) is 27.2 Å². The normalized spacial score (nSPS) is 10.7. The summed E-state index contributed by atoms with van der Waals surface area (Å²) in [4.78, 5) is 9.03. The van der Waals surface area contributed by atoms with E-state index in [9.17, 15) is 0 Å². The van der Waals surface area contributed by atoms with Crippen molar-refractivity contribution < 1.29 is 9.47 Å². The maximum Gasteiger partial charge on any atom is 0.143 e. The van der Waals surface area contributed by atoms with Crippen molar-refractivity contribution in [1.29, 1.82) is 0 Å². The Morgan fingerprint density at radius 1 is 1.22 bits per heavy atom. The third-order valence-corrected chi connectivity index (χ3v) is 3.45. The highest BCUT2D eigenvalue weighted by molar-refractivity contribution is 14.1. The lowest BCUT2D eigenvalue weighted by atomic mass is 10.3. The van der Waals surface area contributed by atoms with Gasteiger partial charge in [-0.15, -0.1) is 0 Å². The summed E-state index contributed by atoms with van der Waals surface area (Å²) in [6.07, 6.45) is 1.78. The fourth-order valence-electron chi connectivity index (χ4n) is 1.44. The molecule has 1 aromatic rings. The topological polar surface area (TPSA) is 56.3 Å². The molecule has 1 N–H and O–H groups in total. The third kappa shape index (κ3) is 4.66. The van der Waals surface area contributed by atoms with E-state index in [1.165, 1.54) is 0 Å². The first kappa shape index (κ1) is 15.6. The molecule has 0 atom stereocenters. The highest BCUT2D eigenvalue weighted by atomic mass is 127. The van der Waals surface area contributed by atoms with Gasteiger partial charge in [0.1, 0.15) is 11.6 Å². The molecule has 1 aromatic heterocycles. The molecule has 0 aliphatic rings. The summed E-state index contributed by atoms with van der Waals surface area (Å²) in [5.74, 6) is 1.69. The molecule has 102 valence electrons. The van der Waals surface area contributed by atoms with Gasteiger partial charge in [-0.25, -0.2) is 9.97 Å². The number of nitrogens with one attached hydrogen (secondary N) is 1. The Morgan fingerprint density at radius 3 is 2.61 bits per heavy atom. The number of halogens is 1. The largest absolute Gasteiger partial charge is 0.384 e. The molecule has 0 fully saturated rings. The quantitative estimate of drug-likeness (QED) is 0.717. The van der Waals surface area contributed by atoms with E-state index in [4.69, 9.17) is 9.47 Å². The maximum atomic E-state index is 5.17. The van der Waals surface area contributed by atoms with Crippen LogP contribution >= 0.6 is 22.6 Å². The van der Waals surface area contributed by atoms with Crippen LogP contribution in [0, 0.1) is 3.57 Å². The Bertz CT molecular complexity index is 375. The summed E-state index contributed by atoms with van der Waals surface area (Å²) in [7, 11) is 3.35. The fraction of sp³-hybridized carbons (Fsp3) is 0.667. The van der Waals surface area contributed by atoms with Crippen molar-refractivity contribution in [1.82, 2.24) is 9.97 Å². The van der Waals surface area contributed by atoms with E-state index in [0.717, 1.165) is 33.9 Å². The monoisotopic (exact) mass is 365 g/mol. The summed E-state index contributed by atoms with van der Waals surface area (Å²) in [5, 5.41) is 3.32. The van der Waals surface area contributed by atoms with Gasteiger partial charge in [-0.2, -0.15) is 0 Å². The predicted molar refractivity (Wildman–Crippen MR) is 79.8 cm³/mol. The second-order valence-electron chi connectivity index (χ2n) is 3.85. The lowest BCUT2D eigenvalue weighted by Gasteiger charge is -2.12. The minimum absolute atomic E-state index is 0.502. The Balaban J connectivity index is 2.94. The molecule has 0 amide bonds. The Kier molecular flexibility index (Phi) is 7.45. The molecule has 0 aliphatic carbocycles. The van der Waals surface area contributed by atoms with Crippen molar-refractivity contribution in [3.8, 4) is 0 Å². The van der Waals surface area contributed by atoms with Crippen LogP contribution in [0.4, 0.5) is 5.82 Å². The molecule has 0 saturated heterocycles. The van der Waals surface area contributed by atoms with Crippen molar-refractivity contribution in [3.05, 3.63) is 15.1 Å². The van der Waals surface area contributed by atoms with Gasteiger partial charge in [0.2, 0.25) is 0 Å². The molecule has 18 heavy (non-hydrogen) atoms. The number of rotatable bonds is 8. The van der Waals surface area contributed by atoms with E-state index in [1.807, 2.05) is 0 Å². The van der Waals surface area contributed by atoms with Crippen LogP contribution in [-0.2, 0) is 22.5 Å². The molecule has 5 nitrogen and oxygen atoms in total. The minimum Gasteiger partial charge on any atom is -0.384 e. The summed E-state index contributed by atoms with van der Waals surface area (Å²) in [6.45, 7) is 4.16. The molecule has 0 unspecified atom stereocenters. The zero-order valence-electron chi connectivity index (χ0n) is 11.1. The van der Waals surface area contributed by atoms with Gasteiger partial charge in [-0.1, -0.05) is 6.92 Å². The number of ether oxygens (including phenoxy) is 2. The molecule has 0 saturated carbocycles. The predicted octanol–water partition coefficient (Wildman–Crippen LogP) is 2.24. The van der Waals surface area contributed by atoms with Crippen molar-refractivity contribution in [2.24, 2.45) is 0 Å². The first-order valence-electron chi connectivity index (χ1n) is 6.00. The van der Waals surface area contributed by atoms with Crippen LogP contribution in [0.5, 0.6) is 0 Å². The molecule has 1 heterocycles. The second kappa shape index (κ2) is 8.60. The molecule has 0 aromatic carbocycles. The van der Waals surface area contributed by atoms with Crippen molar-refractivity contribution in [3.63, 3.8) is 0 Å². The average molecular weight is 365 g/mol. The minimum atomic E-state index is 0.502. The molecule has 0 bridgehead atoms. The molecular formula is C12H20IN3O2. The van der Waals surface area contributed by atoms with Crippen LogP contribution in [0.25, 0.3) is 0 Å². The average Bonchev–Trinajstić information content (AvgIpc) is 2.38. The van der Waals surface area contributed by atoms with Gasteiger partial charge in [-0.3, -0.25) is 0 Å². The number of anilines is 1. The van der Waals surface area contributed by atoms with Gasteiger partial charge in [-0.05, 0) is 29.0 Å². The third-order valence-electron chi connectivity index (χ3n) is 2.32. The fourth-order valence-corrected chi connectivity index (χ4v) is 2.03. The highest BCUT2D eigenvalue weighted by Crippen LogP contribution is 2.20. The van der Waals surface area contributed by atoms with E-state index < -0.39 is 0 Å². The highest BCUT2D eigenvalue weighted by Gasteiger charge is 2.11. The van der Waals surface area contributed by atoms with Crippen LogP contribution in [0.2, 0.25) is 0 Å². The number of aromatic nitrogens is 2. The van der Waals surface area contributed by atoms with E-state index in [2.05, 4.69) is 44.8 Å². The Labute approximate surface area is 122 Å². The lowest BCUT2D eigenvalue weighted by Crippen LogP contribution is -2.12. The van der Waals surface area contributed by atoms with E-state index in [0.29, 0.717) is 19.6 Å². The van der Waals surface area contributed by atoms with E-state index >= 15 is 0 Å². The zero-order chi connectivity index (χ0) is 13.4. The first-order valence-corrected chi connectivity index (χ1v) is 7.07. The van der Waals surface area contributed by atoms with Crippen LogP contribution in [0.3, 0.4) is 0 Å². The summed E-state index contributed by atoms with van der Waals surface area (Å²) < 4.78 is 11.3. The first-order chi connectivity index (χ1) is 8.72. The van der Waals surface area contributed by atoms with E-state index in [1.54, 1.807) is 14.2 Å². The van der Waals surface area contributed by atoms with Gasteiger partial charge >= 0.3 is 0 Å². The zero-order valence-corrected chi connectivity index (χ0v) is 13.3. The summed E-state index contributed by atoms with van der Waals surface area (Å²) in [6, 6.07) is 0. The molecule has 1 rings (SSSR count). The molecule has 0 radical (unpaired) electrons. The van der Waals surface area contributed by atoms with Crippen LogP contribution in [0.1, 0.15) is 24.9 Å². The molecule has 0 aliphatic heterocycles. The molecule has 6 heteroatoms. The lowest BCUT2D eigenvalue weighted by molar-refractivity contribution is 0.179. The van der Waals surface area contributed by atoms with Crippen LogP contribution in [-0.4, -0.2) is 37.3 Å². The number of nitrogens with zero attached hydrogens (tertiary/aromatic N) is 2. The SMILES string of the molecule is CCCNc1nc(CCOC)nc(COC)c1I. The number of hydrogen-bond donors (Lipinski definition) is 1. The Morgan fingerprint density at radius 2 is 2.00 bits per heavy atom.